The van der Waals surface area contributed by atoms with Gasteiger partial charge in [0.05, 0.1) is 11.7 Å². The maximum absolute atomic E-state index is 13.1. The molecule has 2 fully saturated rings. The van der Waals surface area contributed by atoms with E-state index in [1.54, 1.807) is 30.9 Å². The highest BCUT2D eigenvalue weighted by Gasteiger charge is 2.44. The minimum Gasteiger partial charge on any atom is -0.488 e. The van der Waals surface area contributed by atoms with Crippen molar-refractivity contribution in [3.63, 3.8) is 0 Å². The van der Waals surface area contributed by atoms with Crippen molar-refractivity contribution < 1.29 is 23.4 Å². The first-order chi connectivity index (χ1) is 13.8. The van der Waals surface area contributed by atoms with Crippen LogP contribution in [0.1, 0.15) is 34.5 Å². The van der Waals surface area contributed by atoms with Crippen molar-refractivity contribution in [3.8, 4) is 5.75 Å². The SMILES string of the molecule is Cc1cc(=O)oc(C)c1C(=O)N1C[C@H]2C[C@@H](Oc3ccc(F)cc3)[C@H](O)C[C@H]2C1. The molecule has 29 heavy (non-hydrogen) atoms. The zero-order valence-corrected chi connectivity index (χ0v) is 16.4. The Morgan fingerprint density at radius 1 is 1.17 bits per heavy atom. The highest BCUT2D eigenvalue weighted by molar-refractivity contribution is 5.96. The summed E-state index contributed by atoms with van der Waals surface area (Å²) in [6.45, 7) is 4.48. The fourth-order valence-corrected chi connectivity index (χ4v) is 4.61. The largest absolute Gasteiger partial charge is 0.488 e. The molecule has 1 aromatic heterocycles. The van der Waals surface area contributed by atoms with Crippen molar-refractivity contribution in [1.82, 2.24) is 4.90 Å². The second-order valence-corrected chi connectivity index (χ2v) is 8.06. The Morgan fingerprint density at radius 2 is 1.83 bits per heavy atom. The maximum atomic E-state index is 13.1. The Labute approximate surface area is 167 Å². The van der Waals surface area contributed by atoms with Gasteiger partial charge in [0.25, 0.3) is 5.91 Å². The zero-order valence-electron chi connectivity index (χ0n) is 16.4. The highest BCUT2D eigenvalue weighted by atomic mass is 19.1. The Balaban J connectivity index is 1.46. The van der Waals surface area contributed by atoms with Crippen LogP contribution in [0.15, 0.2) is 39.5 Å². The summed E-state index contributed by atoms with van der Waals surface area (Å²) in [4.78, 5) is 26.3. The molecule has 0 radical (unpaired) electrons. The highest BCUT2D eigenvalue weighted by Crippen LogP contribution is 2.38. The molecule has 6 nitrogen and oxygen atoms in total. The predicted octanol–water partition coefficient (Wildman–Crippen LogP) is 2.69. The number of aliphatic hydroxyl groups is 1. The molecule has 0 unspecified atom stereocenters. The molecule has 0 spiro atoms. The molecule has 7 heteroatoms. The van der Waals surface area contributed by atoms with Crippen LogP contribution in [0.5, 0.6) is 5.75 Å². The lowest BCUT2D eigenvalue weighted by atomic mass is 9.78. The van der Waals surface area contributed by atoms with Crippen LogP contribution < -0.4 is 10.4 Å². The summed E-state index contributed by atoms with van der Waals surface area (Å²) in [5.74, 6) is 0.762. The van der Waals surface area contributed by atoms with E-state index in [0.29, 0.717) is 48.6 Å². The fraction of sp³-hybridized carbons (Fsp3) is 0.455. The number of rotatable bonds is 3. The number of aryl methyl sites for hydroxylation is 2. The van der Waals surface area contributed by atoms with Gasteiger partial charge in [0.1, 0.15) is 23.4 Å². The summed E-state index contributed by atoms with van der Waals surface area (Å²) in [6, 6.07) is 7.08. The van der Waals surface area contributed by atoms with Gasteiger partial charge in [-0.1, -0.05) is 0 Å². The quantitative estimate of drug-likeness (QED) is 0.855. The molecular weight excluding hydrogens is 377 g/mol. The number of hydrogen-bond acceptors (Lipinski definition) is 5. The summed E-state index contributed by atoms with van der Waals surface area (Å²) in [7, 11) is 0. The van der Waals surface area contributed by atoms with Gasteiger partial charge in [-0.2, -0.15) is 0 Å². The molecular formula is C22H24FNO5. The minimum absolute atomic E-state index is 0.149. The van der Waals surface area contributed by atoms with E-state index in [1.807, 2.05) is 0 Å². The molecule has 2 heterocycles. The number of nitrogens with zero attached hydrogens (tertiary/aromatic N) is 1. The van der Waals surface area contributed by atoms with Crippen molar-refractivity contribution >= 4 is 5.91 Å². The number of aliphatic hydroxyl groups excluding tert-OH is 1. The van der Waals surface area contributed by atoms with Gasteiger partial charge < -0.3 is 19.2 Å². The van der Waals surface area contributed by atoms with Gasteiger partial charge in [-0.05, 0) is 68.4 Å². The van der Waals surface area contributed by atoms with Gasteiger partial charge in [-0.15, -0.1) is 0 Å². The summed E-state index contributed by atoms with van der Waals surface area (Å²) in [6.07, 6.45) is 0.126. The van der Waals surface area contributed by atoms with Crippen molar-refractivity contribution in [2.24, 2.45) is 11.8 Å². The van der Waals surface area contributed by atoms with Crippen LogP contribution in [-0.2, 0) is 0 Å². The maximum Gasteiger partial charge on any atom is 0.336 e. The summed E-state index contributed by atoms with van der Waals surface area (Å²) >= 11 is 0. The van der Waals surface area contributed by atoms with Crippen LogP contribution >= 0.6 is 0 Å². The van der Waals surface area contributed by atoms with Crippen LogP contribution in [0, 0.1) is 31.5 Å². The van der Waals surface area contributed by atoms with Gasteiger partial charge in [0.15, 0.2) is 0 Å². The Kier molecular flexibility index (Phi) is 5.17. The average Bonchev–Trinajstić information content (AvgIpc) is 3.05. The van der Waals surface area contributed by atoms with E-state index in [1.165, 1.54) is 18.2 Å². The first-order valence-electron chi connectivity index (χ1n) is 9.82. The minimum atomic E-state index is -0.644. The first-order valence-corrected chi connectivity index (χ1v) is 9.82. The molecule has 0 bridgehead atoms. The third-order valence-corrected chi connectivity index (χ3v) is 6.02. The molecule has 1 aliphatic heterocycles. The van der Waals surface area contributed by atoms with E-state index < -0.39 is 17.8 Å². The summed E-state index contributed by atoms with van der Waals surface area (Å²) in [5.41, 5.74) is 0.578. The number of benzene rings is 1. The molecule has 2 aromatic rings. The standard InChI is InChI=1S/C22H24FNO5/c1-12-7-20(26)28-13(2)21(12)22(27)24-10-14-8-18(25)19(9-15(14)11-24)29-17-5-3-16(23)4-6-17/h3-7,14-15,18-19,25H,8-11H2,1-2H3/t14-,15+,18+,19+/m0/s1. The molecule has 1 saturated heterocycles. The van der Waals surface area contributed by atoms with Gasteiger partial charge in [-0.3, -0.25) is 4.79 Å². The van der Waals surface area contributed by atoms with Crippen molar-refractivity contribution in [2.45, 2.75) is 38.9 Å². The molecule has 2 aliphatic rings. The smallest absolute Gasteiger partial charge is 0.336 e. The lowest BCUT2D eigenvalue weighted by Crippen LogP contribution is -2.42. The normalized spacial score (nSPS) is 26.3. The number of likely N-dealkylation sites (tertiary alicyclic amines) is 1. The van der Waals surface area contributed by atoms with E-state index in [4.69, 9.17) is 9.15 Å². The topological polar surface area (TPSA) is 80.0 Å². The zero-order chi connectivity index (χ0) is 20.7. The number of carbonyl (C=O) groups excluding carboxylic acids is 1. The van der Waals surface area contributed by atoms with Gasteiger partial charge >= 0.3 is 5.63 Å². The van der Waals surface area contributed by atoms with E-state index in [9.17, 15) is 19.1 Å². The second kappa shape index (κ2) is 7.63. The van der Waals surface area contributed by atoms with Crippen molar-refractivity contribution in [2.75, 3.05) is 13.1 Å². The predicted molar refractivity (Wildman–Crippen MR) is 103 cm³/mol. The Hall–Kier alpha value is -2.67. The number of carbonyl (C=O) groups is 1. The molecule has 1 saturated carbocycles. The second-order valence-electron chi connectivity index (χ2n) is 8.06. The van der Waals surface area contributed by atoms with Gasteiger partial charge in [0, 0.05) is 19.2 Å². The van der Waals surface area contributed by atoms with Crippen LogP contribution in [0.3, 0.4) is 0 Å². The lowest BCUT2D eigenvalue weighted by Gasteiger charge is -2.35. The Morgan fingerprint density at radius 3 is 2.48 bits per heavy atom. The van der Waals surface area contributed by atoms with Crippen LogP contribution in [0.2, 0.25) is 0 Å². The van der Waals surface area contributed by atoms with Crippen LogP contribution in [0.25, 0.3) is 0 Å². The number of ether oxygens (including phenoxy) is 1. The third-order valence-electron chi connectivity index (χ3n) is 6.02. The Bertz CT molecular complexity index is 944. The van der Waals surface area contributed by atoms with E-state index >= 15 is 0 Å². The molecule has 1 amide bonds. The van der Waals surface area contributed by atoms with Crippen molar-refractivity contribution in [1.29, 1.82) is 0 Å². The number of amides is 1. The summed E-state index contributed by atoms with van der Waals surface area (Å²) < 4.78 is 24.1. The first kappa shape index (κ1) is 19.6. The number of hydrogen-bond donors (Lipinski definition) is 1. The van der Waals surface area contributed by atoms with Gasteiger partial charge in [-0.25, -0.2) is 9.18 Å². The van der Waals surface area contributed by atoms with Gasteiger partial charge in [0.2, 0.25) is 0 Å². The number of fused-ring (bicyclic) bond motifs is 1. The van der Waals surface area contributed by atoms with Crippen LogP contribution in [-0.4, -0.2) is 41.2 Å². The van der Waals surface area contributed by atoms with Crippen molar-refractivity contribution in [3.05, 3.63) is 63.5 Å². The number of halogens is 1. The average molecular weight is 401 g/mol. The van der Waals surface area contributed by atoms with E-state index in [-0.39, 0.29) is 23.6 Å². The van der Waals surface area contributed by atoms with Crippen LogP contribution in [0.4, 0.5) is 4.39 Å². The fourth-order valence-electron chi connectivity index (χ4n) is 4.61. The third kappa shape index (κ3) is 3.92. The molecule has 1 aliphatic carbocycles. The molecule has 1 N–H and O–H groups in total. The van der Waals surface area contributed by atoms with E-state index in [0.717, 1.165) is 0 Å². The molecule has 4 rings (SSSR count). The molecule has 1 aromatic carbocycles. The monoisotopic (exact) mass is 401 g/mol. The lowest BCUT2D eigenvalue weighted by molar-refractivity contribution is -0.0231. The molecule has 4 atom stereocenters. The van der Waals surface area contributed by atoms with E-state index in [2.05, 4.69) is 0 Å². The molecule has 154 valence electrons. The summed E-state index contributed by atoms with van der Waals surface area (Å²) in [5, 5.41) is 10.5.